The quantitative estimate of drug-likeness (QED) is 0.261. The fourth-order valence-corrected chi connectivity index (χ4v) is 6.66. The molecule has 0 aromatic heterocycles. The summed E-state index contributed by atoms with van der Waals surface area (Å²) in [5, 5.41) is 1.06. The molecular formula is C37H36Cl2F3N5O4. The number of amidine groups is 1. The SMILES string of the molecule is CCOc1cc(C#CC(F)(F)F)ccc1C1=N[C@@H](c2ccc(Cl)cc2)[C@@H](c2ccc(Cl)cc2)N1C(=O)N1CCN(CC(=O)N2CCOCC2)CC1. The fraction of sp³-hybridized carbons (Fsp3) is 0.378. The number of nitrogens with zero attached hydrogens (tertiary/aromatic N) is 5. The van der Waals surface area contributed by atoms with Crippen LogP contribution in [0.2, 0.25) is 10.0 Å². The van der Waals surface area contributed by atoms with Gasteiger partial charge >= 0.3 is 12.2 Å². The van der Waals surface area contributed by atoms with Gasteiger partial charge in [0, 0.05) is 60.8 Å². The maximum Gasteiger partial charge on any atom is 0.458 e. The van der Waals surface area contributed by atoms with E-state index >= 15 is 0 Å². The molecule has 14 heteroatoms. The Bertz CT molecular complexity index is 1810. The number of carbonyl (C=O) groups is 2. The van der Waals surface area contributed by atoms with Crippen LogP contribution >= 0.6 is 23.2 Å². The Hall–Kier alpha value is -4.28. The van der Waals surface area contributed by atoms with Gasteiger partial charge in [0.1, 0.15) is 17.6 Å². The number of alkyl halides is 3. The van der Waals surface area contributed by atoms with Crippen LogP contribution in [0.3, 0.4) is 0 Å². The van der Waals surface area contributed by atoms with E-state index in [1.807, 2.05) is 29.2 Å². The van der Waals surface area contributed by atoms with Crippen molar-refractivity contribution in [2.24, 2.45) is 4.99 Å². The van der Waals surface area contributed by atoms with E-state index in [-0.39, 0.29) is 36.4 Å². The van der Waals surface area contributed by atoms with Gasteiger partial charge in [0.15, 0.2) is 0 Å². The summed E-state index contributed by atoms with van der Waals surface area (Å²) in [6, 6.07) is 17.4. The number of rotatable bonds is 7. The number of hydrogen-bond acceptors (Lipinski definition) is 6. The van der Waals surface area contributed by atoms with E-state index in [0.29, 0.717) is 73.9 Å². The van der Waals surface area contributed by atoms with Crippen LogP contribution in [0.5, 0.6) is 5.75 Å². The van der Waals surface area contributed by atoms with Gasteiger partial charge in [0.05, 0.1) is 38.0 Å². The van der Waals surface area contributed by atoms with Crippen molar-refractivity contribution in [3.63, 3.8) is 0 Å². The summed E-state index contributed by atoms with van der Waals surface area (Å²) in [5.41, 5.74) is 2.09. The summed E-state index contributed by atoms with van der Waals surface area (Å²) in [6.07, 6.45) is -4.67. The molecule has 3 aromatic carbocycles. The molecule has 3 aliphatic heterocycles. The van der Waals surface area contributed by atoms with Crippen LogP contribution in [0, 0.1) is 11.8 Å². The van der Waals surface area contributed by atoms with Gasteiger partial charge in [-0.1, -0.05) is 53.4 Å². The second kappa shape index (κ2) is 15.9. The molecule has 51 heavy (non-hydrogen) atoms. The van der Waals surface area contributed by atoms with E-state index in [1.54, 1.807) is 52.0 Å². The largest absolute Gasteiger partial charge is 0.493 e. The monoisotopic (exact) mass is 741 g/mol. The van der Waals surface area contributed by atoms with Gasteiger partial charge in [-0.15, -0.1) is 0 Å². The molecule has 2 atom stereocenters. The van der Waals surface area contributed by atoms with Crippen molar-refractivity contribution in [3.8, 4) is 17.6 Å². The van der Waals surface area contributed by atoms with E-state index in [1.165, 1.54) is 18.1 Å². The minimum atomic E-state index is -4.67. The van der Waals surface area contributed by atoms with Gasteiger partial charge in [-0.2, -0.15) is 13.2 Å². The second-order valence-electron chi connectivity index (χ2n) is 12.2. The van der Waals surface area contributed by atoms with Crippen molar-refractivity contribution < 1.29 is 32.2 Å². The lowest BCUT2D eigenvalue weighted by molar-refractivity contribution is -0.136. The van der Waals surface area contributed by atoms with Crippen molar-refractivity contribution in [2.75, 3.05) is 65.6 Å². The zero-order valence-corrected chi connectivity index (χ0v) is 29.3. The van der Waals surface area contributed by atoms with Crippen LogP contribution in [-0.2, 0) is 9.53 Å². The molecule has 6 rings (SSSR count). The molecule has 0 radical (unpaired) electrons. The van der Waals surface area contributed by atoms with Gasteiger partial charge in [-0.3, -0.25) is 19.6 Å². The highest BCUT2D eigenvalue weighted by Gasteiger charge is 2.45. The Morgan fingerprint density at radius 3 is 2.12 bits per heavy atom. The smallest absolute Gasteiger partial charge is 0.458 e. The van der Waals surface area contributed by atoms with Crippen LogP contribution in [0.15, 0.2) is 71.7 Å². The molecule has 0 spiro atoms. The summed E-state index contributed by atoms with van der Waals surface area (Å²) in [6.45, 7) is 6.10. The standard InChI is InChI=1S/C37H36Cl2F3N5O4/c1-2-51-31-23-25(13-14-37(40,41)42)3-12-30(31)35-43-33(26-4-8-28(38)9-5-26)34(27-6-10-29(39)11-7-27)47(35)36(49)46-17-15-44(16-18-46)24-32(48)45-19-21-50-22-20-45/h3-12,23,33-34H,2,15-22,24H2,1H3/t33-,34+/m0/s1. The van der Waals surface area contributed by atoms with Crippen LogP contribution in [0.1, 0.15) is 41.3 Å². The van der Waals surface area contributed by atoms with Crippen molar-refractivity contribution in [1.82, 2.24) is 19.6 Å². The predicted molar refractivity (Wildman–Crippen MR) is 188 cm³/mol. The summed E-state index contributed by atoms with van der Waals surface area (Å²) in [7, 11) is 0. The molecule has 0 bridgehead atoms. The Morgan fingerprint density at radius 2 is 1.51 bits per heavy atom. The third kappa shape index (κ3) is 8.79. The van der Waals surface area contributed by atoms with Gasteiger partial charge in [0.25, 0.3) is 0 Å². The van der Waals surface area contributed by atoms with Gasteiger partial charge < -0.3 is 19.3 Å². The molecule has 0 N–H and O–H groups in total. The first-order valence-electron chi connectivity index (χ1n) is 16.6. The van der Waals surface area contributed by atoms with Crippen molar-refractivity contribution in [2.45, 2.75) is 25.2 Å². The maximum absolute atomic E-state index is 14.8. The van der Waals surface area contributed by atoms with Gasteiger partial charge in [-0.05, 0) is 60.5 Å². The Balaban J connectivity index is 1.37. The van der Waals surface area contributed by atoms with Crippen molar-refractivity contribution in [1.29, 1.82) is 0 Å². The number of benzene rings is 3. The lowest BCUT2D eigenvalue weighted by Crippen LogP contribution is -2.56. The predicted octanol–water partition coefficient (Wildman–Crippen LogP) is 6.45. The molecule has 2 saturated heterocycles. The third-order valence-corrected chi connectivity index (χ3v) is 9.44. The fourth-order valence-electron chi connectivity index (χ4n) is 6.41. The number of ether oxygens (including phenoxy) is 2. The van der Waals surface area contributed by atoms with Gasteiger partial charge in [-0.25, -0.2) is 4.79 Å². The summed E-state index contributed by atoms with van der Waals surface area (Å²) in [4.78, 5) is 40.1. The average molecular weight is 743 g/mol. The Kier molecular flexibility index (Phi) is 11.4. The lowest BCUT2D eigenvalue weighted by atomic mass is 9.93. The number of amides is 3. The number of hydrogen-bond donors (Lipinski definition) is 0. The number of piperazine rings is 1. The topological polar surface area (TPSA) is 77.9 Å². The first-order chi connectivity index (χ1) is 24.5. The van der Waals surface area contributed by atoms with E-state index in [9.17, 15) is 22.8 Å². The van der Waals surface area contributed by atoms with Gasteiger partial charge in [0.2, 0.25) is 5.91 Å². The number of urea groups is 1. The zero-order chi connectivity index (χ0) is 36.1. The molecule has 268 valence electrons. The summed E-state index contributed by atoms with van der Waals surface area (Å²) in [5.74, 6) is 4.03. The molecule has 0 aliphatic carbocycles. The number of aliphatic imine (C=N–C) groups is 1. The molecule has 3 heterocycles. The first kappa shape index (κ1) is 36.5. The molecule has 3 amide bonds. The van der Waals surface area contributed by atoms with E-state index < -0.39 is 18.3 Å². The minimum absolute atomic E-state index is 0.0347. The van der Waals surface area contributed by atoms with E-state index in [2.05, 4.69) is 5.92 Å². The second-order valence-corrected chi connectivity index (χ2v) is 13.1. The van der Waals surface area contributed by atoms with Crippen molar-refractivity contribution in [3.05, 3.63) is 99.0 Å². The van der Waals surface area contributed by atoms with Crippen LogP contribution in [0.25, 0.3) is 0 Å². The van der Waals surface area contributed by atoms with Crippen LogP contribution in [-0.4, -0.2) is 109 Å². The molecule has 3 aromatic rings. The minimum Gasteiger partial charge on any atom is -0.493 e. The third-order valence-electron chi connectivity index (χ3n) is 8.93. The lowest BCUT2D eigenvalue weighted by Gasteiger charge is -2.39. The number of halogens is 5. The summed E-state index contributed by atoms with van der Waals surface area (Å²) >= 11 is 12.5. The van der Waals surface area contributed by atoms with Crippen LogP contribution in [0.4, 0.5) is 18.0 Å². The normalized spacial score (nSPS) is 19.7. The van der Waals surface area contributed by atoms with E-state index in [4.69, 9.17) is 37.7 Å². The molecule has 3 aliphatic rings. The van der Waals surface area contributed by atoms with Crippen LogP contribution < -0.4 is 4.74 Å². The molecule has 9 nitrogen and oxygen atoms in total. The molecule has 2 fully saturated rings. The highest BCUT2D eigenvalue weighted by molar-refractivity contribution is 6.30. The van der Waals surface area contributed by atoms with Crippen molar-refractivity contribution >= 4 is 41.0 Å². The molecular weight excluding hydrogens is 706 g/mol. The average Bonchev–Trinajstić information content (AvgIpc) is 3.52. The summed E-state index contributed by atoms with van der Waals surface area (Å²) < 4.78 is 50.2. The molecule has 0 unspecified atom stereocenters. The molecule has 0 saturated carbocycles. The van der Waals surface area contributed by atoms with E-state index in [0.717, 1.165) is 11.1 Å². The Labute approximate surface area is 304 Å². The zero-order valence-electron chi connectivity index (χ0n) is 27.8. The number of morpholine rings is 1. The number of carbonyl (C=O) groups excluding carboxylic acids is 2. The highest BCUT2D eigenvalue weighted by atomic mass is 35.5. The first-order valence-corrected chi connectivity index (χ1v) is 17.4. The maximum atomic E-state index is 14.8. The Morgan fingerprint density at radius 1 is 0.882 bits per heavy atom. The highest BCUT2D eigenvalue weighted by Crippen LogP contribution is 2.45.